The normalized spacial score (nSPS) is 14.4. The number of rotatable bonds is 8. The molecular formula is C15H23N3O2S. The van der Waals surface area contributed by atoms with E-state index in [-0.39, 0.29) is 23.0 Å². The Kier molecular flexibility index (Phi) is 4.88. The molecule has 0 radical (unpaired) electrons. The van der Waals surface area contributed by atoms with Gasteiger partial charge in [0, 0.05) is 12.5 Å². The molecule has 0 saturated heterocycles. The molecule has 5 N–H and O–H groups in total. The number of Topliss-reactive ketones (excluding diaryl/α,β-unsaturated/α-hetero) is 1. The topological polar surface area (TPSA) is 98.2 Å². The van der Waals surface area contributed by atoms with Crippen molar-refractivity contribution >= 4 is 33.7 Å². The van der Waals surface area contributed by atoms with Crippen LogP contribution < -0.4 is 16.8 Å². The van der Waals surface area contributed by atoms with Crippen LogP contribution >= 0.6 is 11.3 Å². The highest BCUT2D eigenvalue weighted by Gasteiger charge is 2.34. The molecule has 1 heterocycles. The SMILES string of the molecule is CC(C)CCCNc1sc(C(=O)C2CC2)c(N)c1C(N)=O. The van der Waals surface area contributed by atoms with Gasteiger partial charge in [-0.1, -0.05) is 13.8 Å². The second-order valence-corrected chi connectivity index (χ2v) is 7.04. The van der Waals surface area contributed by atoms with Gasteiger partial charge in [-0.3, -0.25) is 9.59 Å². The third-order valence-electron chi connectivity index (χ3n) is 3.61. The van der Waals surface area contributed by atoms with E-state index < -0.39 is 5.91 Å². The molecule has 1 aromatic heterocycles. The predicted octanol–water partition coefficient (Wildman–Crippen LogP) is 2.87. The molecule has 21 heavy (non-hydrogen) atoms. The first-order valence-corrected chi connectivity index (χ1v) is 8.23. The third-order valence-corrected chi connectivity index (χ3v) is 4.79. The number of nitrogen functional groups attached to an aromatic ring is 1. The zero-order valence-corrected chi connectivity index (χ0v) is 13.4. The first kappa shape index (κ1) is 15.8. The molecule has 1 fully saturated rings. The number of anilines is 2. The number of hydrogen-bond acceptors (Lipinski definition) is 5. The van der Waals surface area contributed by atoms with Crippen molar-refractivity contribution in [1.29, 1.82) is 0 Å². The lowest BCUT2D eigenvalue weighted by molar-refractivity contribution is 0.0972. The molecule has 0 spiro atoms. The van der Waals surface area contributed by atoms with Crippen LogP contribution in [0, 0.1) is 11.8 Å². The molecule has 1 aliphatic carbocycles. The summed E-state index contributed by atoms with van der Waals surface area (Å²) in [6, 6.07) is 0. The number of thiophene rings is 1. The summed E-state index contributed by atoms with van der Waals surface area (Å²) >= 11 is 1.26. The number of carbonyl (C=O) groups is 2. The van der Waals surface area contributed by atoms with E-state index in [1.807, 2.05) is 0 Å². The molecule has 1 aliphatic rings. The molecule has 5 nitrogen and oxygen atoms in total. The van der Waals surface area contributed by atoms with Gasteiger partial charge in [0.1, 0.15) is 5.00 Å². The maximum absolute atomic E-state index is 12.2. The van der Waals surface area contributed by atoms with Crippen LogP contribution in [0.15, 0.2) is 0 Å². The molecule has 0 aromatic carbocycles. The largest absolute Gasteiger partial charge is 0.397 e. The van der Waals surface area contributed by atoms with Gasteiger partial charge >= 0.3 is 0 Å². The van der Waals surface area contributed by atoms with Crippen LogP contribution in [0.1, 0.15) is 59.6 Å². The van der Waals surface area contributed by atoms with Crippen LogP contribution in [0.3, 0.4) is 0 Å². The fourth-order valence-corrected chi connectivity index (χ4v) is 3.41. The lowest BCUT2D eigenvalue weighted by Gasteiger charge is -2.07. The van der Waals surface area contributed by atoms with Crippen LogP contribution in [0.2, 0.25) is 0 Å². The highest BCUT2D eigenvalue weighted by atomic mass is 32.1. The Labute approximate surface area is 129 Å². The first-order chi connectivity index (χ1) is 9.91. The molecule has 116 valence electrons. The van der Waals surface area contributed by atoms with Gasteiger partial charge in [-0.15, -0.1) is 11.3 Å². The second kappa shape index (κ2) is 6.47. The van der Waals surface area contributed by atoms with Gasteiger partial charge in [0.2, 0.25) is 0 Å². The zero-order valence-electron chi connectivity index (χ0n) is 12.6. The van der Waals surface area contributed by atoms with Crippen molar-refractivity contribution in [2.45, 2.75) is 39.5 Å². The molecular weight excluding hydrogens is 286 g/mol. The number of amides is 1. The number of primary amides is 1. The quantitative estimate of drug-likeness (QED) is 0.508. The van der Waals surface area contributed by atoms with Gasteiger partial charge in [-0.25, -0.2) is 0 Å². The van der Waals surface area contributed by atoms with Gasteiger partial charge in [-0.2, -0.15) is 0 Å². The molecule has 1 saturated carbocycles. The van der Waals surface area contributed by atoms with E-state index in [1.165, 1.54) is 11.3 Å². The molecule has 2 rings (SSSR count). The van der Waals surface area contributed by atoms with Crippen molar-refractivity contribution in [2.24, 2.45) is 17.6 Å². The summed E-state index contributed by atoms with van der Waals surface area (Å²) in [7, 11) is 0. The molecule has 1 amide bonds. The summed E-state index contributed by atoms with van der Waals surface area (Å²) in [5, 5.41) is 3.84. The van der Waals surface area contributed by atoms with Crippen molar-refractivity contribution in [2.75, 3.05) is 17.6 Å². The summed E-state index contributed by atoms with van der Waals surface area (Å²) < 4.78 is 0. The van der Waals surface area contributed by atoms with E-state index in [0.29, 0.717) is 15.8 Å². The van der Waals surface area contributed by atoms with E-state index in [4.69, 9.17) is 11.5 Å². The number of ketones is 1. The predicted molar refractivity (Wildman–Crippen MR) is 86.9 cm³/mol. The minimum atomic E-state index is -0.579. The summed E-state index contributed by atoms with van der Waals surface area (Å²) in [5.74, 6) is 0.198. The standard InChI is InChI=1S/C15H23N3O2S/c1-8(2)4-3-7-18-15-10(14(17)20)11(16)13(21-15)12(19)9-5-6-9/h8-9,18H,3-7,16H2,1-2H3,(H2,17,20). The van der Waals surface area contributed by atoms with Gasteiger partial charge in [0.05, 0.1) is 16.1 Å². The maximum atomic E-state index is 12.2. The lowest BCUT2D eigenvalue weighted by Crippen LogP contribution is -2.15. The average molecular weight is 309 g/mol. The Balaban J connectivity index is 2.13. The van der Waals surface area contributed by atoms with Gasteiger partial charge in [0.25, 0.3) is 5.91 Å². The Morgan fingerprint density at radius 1 is 1.38 bits per heavy atom. The molecule has 0 bridgehead atoms. The van der Waals surface area contributed by atoms with Crippen molar-refractivity contribution in [3.8, 4) is 0 Å². The highest BCUT2D eigenvalue weighted by Crippen LogP contribution is 2.41. The second-order valence-electron chi connectivity index (χ2n) is 6.01. The van der Waals surface area contributed by atoms with E-state index in [2.05, 4.69) is 19.2 Å². The first-order valence-electron chi connectivity index (χ1n) is 7.42. The van der Waals surface area contributed by atoms with Crippen molar-refractivity contribution < 1.29 is 9.59 Å². The van der Waals surface area contributed by atoms with Gasteiger partial charge < -0.3 is 16.8 Å². The Hall–Kier alpha value is -1.56. The van der Waals surface area contributed by atoms with Crippen LogP contribution in [0.5, 0.6) is 0 Å². The van der Waals surface area contributed by atoms with Crippen LogP contribution in [-0.2, 0) is 0 Å². The summed E-state index contributed by atoms with van der Waals surface area (Å²) in [6.07, 6.45) is 3.94. The third kappa shape index (κ3) is 3.75. The Bertz CT molecular complexity index is 547. The number of carbonyl (C=O) groups excluding carboxylic acids is 2. The van der Waals surface area contributed by atoms with Crippen molar-refractivity contribution in [1.82, 2.24) is 0 Å². The zero-order chi connectivity index (χ0) is 15.6. The minimum absolute atomic E-state index is 0.0511. The fraction of sp³-hybridized carbons (Fsp3) is 0.600. The molecule has 0 atom stereocenters. The smallest absolute Gasteiger partial charge is 0.253 e. The maximum Gasteiger partial charge on any atom is 0.253 e. The number of nitrogens with two attached hydrogens (primary N) is 2. The molecule has 1 aromatic rings. The van der Waals surface area contributed by atoms with E-state index in [9.17, 15) is 9.59 Å². The molecule has 0 aliphatic heterocycles. The van der Waals surface area contributed by atoms with Crippen LogP contribution in [0.4, 0.5) is 10.7 Å². The summed E-state index contributed by atoms with van der Waals surface area (Å²) in [6.45, 7) is 5.09. The molecule has 6 heteroatoms. The van der Waals surface area contributed by atoms with Gasteiger partial charge in [-0.05, 0) is 31.6 Å². The molecule has 0 unspecified atom stereocenters. The van der Waals surface area contributed by atoms with Gasteiger partial charge in [0.15, 0.2) is 5.78 Å². The summed E-state index contributed by atoms with van der Waals surface area (Å²) in [5.41, 5.74) is 11.9. The Morgan fingerprint density at radius 2 is 2.05 bits per heavy atom. The lowest BCUT2D eigenvalue weighted by atomic mass is 10.1. The van der Waals surface area contributed by atoms with Crippen LogP contribution in [-0.4, -0.2) is 18.2 Å². The van der Waals surface area contributed by atoms with E-state index in [1.54, 1.807) is 0 Å². The monoisotopic (exact) mass is 309 g/mol. The highest BCUT2D eigenvalue weighted by molar-refractivity contribution is 7.19. The van der Waals surface area contributed by atoms with Crippen LogP contribution in [0.25, 0.3) is 0 Å². The minimum Gasteiger partial charge on any atom is -0.397 e. The summed E-state index contributed by atoms with van der Waals surface area (Å²) in [4.78, 5) is 24.3. The number of hydrogen-bond donors (Lipinski definition) is 3. The van der Waals surface area contributed by atoms with Crippen molar-refractivity contribution in [3.63, 3.8) is 0 Å². The number of nitrogens with one attached hydrogen (secondary N) is 1. The Morgan fingerprint density at radius 3 is 2.57 bits per heavy atom. The fourth-order valence-electron chi connectivity index (χ4n) is 2.24. The average Bonchev–Trinajstić information content (AvgIpc) is 3.18. The van der Waals surface area contributed by atoms with Crippen molar-refractivity contribution in [3.05, 3.63) is 10.4 Å². The van der Waals surface area contributed by atoms with E-state index >= 15 is 0 Å². The van der Waals surface area contributed by atoms with E-state index in [0.717, 1.165) is 32.2 Å².